The van der Waals surface area contributed by atoms with Crippen LogP contribution < -0.4 is 4.74 Å². The van der Waals surface area contributed by atoms with E-state index in [4.69, 9.17) is 9.47 Å². The summed E-state index contributed by atoms with van der Waals surface area (Å²) in [5.41, 5.74) is 1.30. The molecule has 0 saturated carbocycles. The van der Waals surface area contributed by atoms with Gasteiger partial charge in [0.2, 0.25) is 0 Å². The third-order valence-corrected chi connectivity index (χ3v) is 2.23. The minimum absolute atomic E-state index is 0.238. The maximum atomic E-state index is 10.7. The second-order valence-electron chi connectivity index (χ2n) is 3.61. The predicted molar refractivity (Wildman–Crippen MR) is 67.1 cm³/mol. The van der Waals surface area contributed by atoms with Crippen molar-refractivity contribution in [3.63, 3.8) is 0 Å². The van der Waals surface area contributed by atoms with Gasteiger partial charge in [0, 0.05) is 6.08 Å². The lowest BCUT2D eigenvalue weighted by molar-refractivity contribution is -0.138. The van der Waals surface area contributed by atoms with E-state index in [-0.39, 0.29) is 6.61 Å². The first-order chi connectivity index (χ1) is 8.26. The smallest absolute Gasteiger partial charge is 0.330 e. The van der Waals surface area contributed by atoms with Crippen LogP contribution in [0.3, 0.4) is 0 Å². The molecule has 92 valence electrons. The number of rotatable bonds is 7. The van der Waals surface area contributed by atoms with Crippen LogP contribution >= 0.6 is 0 Å². The molecule has 0 aliphatic carbocycles. The van der Waals surface area contributed by atoms with Crippen molar-refractivity contribution in [3.8, 4) is 5.75 Å². The van der Waals surface area contributed by atoms with Crippen LogP contribution in [0.15, 0.2) is 36.9 Å². The minimum Gasteiger partial charge on any atom is -0.490 e. The van der Waals surface area contributed by atoms with E-state index in [9.17, 15) is 4.79 Å². The molecule has 0 radical (unpaired) electrons. The van der Waals surface area contributed by atoms with Crippen molar-refractivity contribution in [2.75, 3.05) is 13.2 Å². The second kappa shape index (κ2) is 7.49. The van der Waals surface area contributed by atoms with Crippen LogP contribution in [0.4, 0.5) is 0 Å². The van der Waals surface area contributed by atoms with Crippen molar-refractivity contribution in [3.05, 3.63) is 42.5 Å². The highest BCUT2D eigenvalue weighted by atomic mass is 16.6. The fraction of sp³-hybridized carbons (Fsp3) is 0.357. The molecule has 0 aliphatic heterocycles. The molecule has 0 spiro atoms. The summed E-state index contributed by atoms with van der Waals surface area (Å²) in [4.78, 5) is 10.7. The third-order valence-electron chi connectivity index (χ3n) is 2.23. The molecule has 1 rings (SSSR count). The molecule has 17 heavy (non-hydrogen) atoms. The molecule has 1 aromatic carbocycles. The molecule has 0 atom stereocenters. The molecule has 0 amide bonds. The molecule has 0 aliphatic rings. The van der Waals surface area contributed by atoms with Crippen molar-refractivity contribution in [1.82, 2.24) is 0 Å². The summed E-state index contributed by atoms with van der Waals surface area (Å²) in [5.74, 6) is 0.367. The number of hydrogen-bond donors (Lipinski definition) is 0. The number of ether oxygens (including phenoxy) is 2. The van der Waals surface area contributed by atoms with E-state index >= 15 is 0 Å². The van der Waals surface area contributed by atoms with Crippen LogP contribution in [-0.2, 0) is 16.0 Å². The molecule has 0 aromatic heterocycles. The fourth-order valence-electron chi connectivity index (χ4n) is 1.40. The Kier molecular flexibility index (Phi) is 5.86. The third kappa shape index (κ3) is 5.20. The summed E-state index contributed by atoms with van der Waals surface area (Å²) in [6.07, 6.45) is 3.36. The van der Waals surface area contributed by atoms with Gasteiger partial charge in [0.05, 0.1) is 0 Å². The van der Waals surface area contributed by atoms with E-state index in [2.05, 4.69) is 25.6 Å². The summed E-state index contributed by atoms with van der Waals surface area (Å²) in [6.45, 7) is 6.05. The molecular weight excluding hydrogens is 216 g/mol. The first-order valence-corrected chi connectivity index (χ1v) is 5.77. The van der Waals surface area contributed by atoms with Crippen molar-refractivity contribution in [2.45, 2.75) is 19.8 Å². The van der Waals surface area contributed by atoms with Crippen LogP contribution in [0.1, 0.15) is 18.9 Å². The topological polar surface area (TPSA) is 35.5 Å². The van der Waals surface area contributed by atoms with Crippen LogP contribution in [0.25, 0.3) is 0 Å². The number of carbonyl (C=O) groups excluding carboxylic acids is 1. The number of aryl methyl sites for hydroxylation is 1. The van der Waals surface area contributed by atoms with E-state index in [1.165, 1.54) is 5.56 Å². The van der Waals surface area contributed by atoms with Gasteiger partial charge in [-0.05, 0) is 24.1 Å². The fourth-order valence-corrected chi connectivity index (χ4v) is 1.40. The standard InChI is InChI=1S/C14H18O3/c1-3-5-12-6-8-13(9-7-12)16-10-11-17-14(15)4-2/h4,6-9H,2-3,5,10-11H2,1H3. The molecule has 3 nitrogen and oxygen atoms in total. The first-order valence-electron chi connectivity index (χ1n) is 5.77. The highest BCUT2D eigenvalue weighted by Crippen LogP contribution is 2.13. The minimum atomic E-state index is -0.424. The lowest BCUT2D eigenvalue weighted by Gasteiger charge is -2.07. The number of benzene rings is 1. The summed E-state index contributed by atoms with van der Waals surface area (Å²) >= 11 is 0. The summed E-state index contributed by atoms with van der Waals surface area (Å²) < 4.78 is 10.2. The molecule has 0 heterocycles. The second-order valence-corrected chi connectivity index (χ2v) is 3.61. The van der Waals surface area contributed by atoms with Gasteiger partial charge >= 0.3 is 5.97 Å². The zero-order valence-electron chi connectivity index (χ0n) is 10.1. The van der Waals surface area contributed by atoms with E-state index in [0.717, 1.165) is 24.7 Å². The van der Waals surface area contributed by atoms with Gasteiger partial charge in [0.15, 0.2) is 0 Å². The first kappa shape index (κ1) is 13.3. The van der Waals surface area contributed by atoms with Crippen LogP contribution in [-0.4, -0.2) is 19.2 Å². The monoisotopic (exact) mass is 234 g/mol. The van der Waals surface area contributed by atoms with Gasteiger partial charge in [-0.2, -0.15) is 0 Å². The summed E-state index contributed by atoms with van der Waals surface area (Å²) in [6, 6.07) is 7.96. The largest absolute Gasteiger partial charge is 0.490 e. The Hall–Kier alpha value is -1.77. The van der Waals surface area contributed by atoms with E-state index in [0.29, 0.717) is 6.61 Å². The Balaban J connectivity index is 2.27. The predicted octanol–water partition coefficient (Wildman–Crippen LogP) is 2.75. The molecule has 3 heteroatoms. The van der Waals surface area contributed by atoms with E-state index in [1.807, 2.05) is 12.1 Å². The van der Waals surface area contributed by atoms with Crippen LogP contribution in [0, 0.1) is 0 Å². The molecule has 0 unspecified atom stereocenters. The number of esters is 1. The van der Waals surface area contributed by atoms with Gasteiger partial charge < -0.3 is 9.47 Å². The Morgan fingerprint density at radius 2 is 2.00 bits per heavy atom. The van der Waals surface area contributed by atoms with Crippen LogP contribution in [0.2, 0.25) is 0 Å². The normalized spacial score (nSPS) is 9.71. The summed E-state index contributed by atoms with van der Waals surface area (Å²) in [7, 11) is 0. The van der Waals surface area contributed by atoms with Crippen LogP contribution in [0.5, 0.6) is 5.75 Å². The Morgan fingerprint density at radius 3 is 2.59 bits per heavy atom. The lowest BCUT2D eigenvalue weighted by Crippen LogP contribution is -2.10. The quantitative estimate of drug-likeness (QED) is 0.413. The number of carbonyl (C=O) groups is 1. The highest BCUT2D eigenvalue weighted by molar-refractivity contribution is 5.81. The molecule has 0 fully saturated rings. The highest BCUT2D eigenvalue weighted by Gasteiger charge is 1.97. The molecular formula is C14H18O3. The average Bonchev–Trinajstić information content (AvgIpc) is 2.36. The average molecular weight is 234 g/mol. The van der Waals surface area contributed by atoms with Crippen molar-refractivity contribution in [2.24, 2.45) is 0 Å². The molecule has 0 saturated heterocycles. The maximum Gasteiger partial charge on any atom is 0.330 e. The molecule has 0 bridgehead atoms. The number of hydrogen-bond acceptors (Lipinski definition) is 3. The van der Waals surface area contributed by atoms with Crippen molar-refractivity contribution < 1.29 is 14.3 Å². The van der Waals surface area contributed by atoms with Crippen molar-refractivity contribution in [1.29, 1.82) is 0 Å². The lowest BCUT2D eigenvalue weighted by atomic mass is 10.1. The van der Waals surface area contributed by atoms with Gasteiger partial charge in [0.25, 0.3) is 0 Å². The Bertz CT molecular complexity index is 354. The zero-order chi connectivity index (χ0) is 12.5. The van der Waals surface area contributed by atoms with Gasteiger partial charge in [-0.15, -0.1) is 0 Å². The van der Waals surface area contributed by atoms with E-state index in [1.54, 1.807) is 0 Å². The summed E-state index contributed by atoms with van der Waals surface area (Å²) in [5, 5.41) is 0. The van der Waals surface area contributed by atoms with E-state index < -0.39 is 5.97 Å². The Morgan fingerprint density at radius 1 is 1.29 bits per heavy atom. The Labute approximate surface area is 102 Å². The van der Waals surface area contributed by atoms with Gasteiger partial charge in [-0.25, -0.2) is 4.79 Å². The SMILES string of the molecule is C=CC(=O)OCCOc1ccc(CCC)cc1. The van der Waals surface area contributed by atoms with Gasteiger partial charge in [-0.1, -0.05) is 32.1 Å². The molecule has 1 aromatic rings. The molecule has 0 N–H and O–H groups in total. The van der Waals surface area contributed by atoms with Crippen molar-refractivity contribution >= 4 is 5.97 Å². The maximum absolute atomic E-state index is 10.7. The van der Waals surface area contributed by atoms with Gasteiger partial charge in [-0.3, -0.25) is 0 Å². The van der Waals surface area contributed by atoms with Gasteiger partial charge in [0.1, 0.15) is 19.0 Å². The zero-order valence-corrected chi connectivity index (χ0v) is 10.1.